The van der Waals surface area contributed by atoms with Crippen LogP contribution in [0, 0.1) is 17.8 Å². The second-order valence-corrected chi connectivity index (χ2v) is 5.29. The van der Waals surface area contributed by atoms with Gasteiger partial charge in [0.1, 0.15) is 0 Å². The number of nitrogens with two attached hydrogens (primary N) is 1. The van der Waals surface area contributed by atoms with Gasteiger partial charge in [0, 0.05) is 12.0 Å². The number of amides is 1. The standard InChI is InChI=1S/C17H22N2O/c18-13-5-9-15-8-3-4-10-16(15)19-17(20)12-11-14-6-1-2-7-14/h3-4,8,10,14H,1-2,6-7,11-13,18H2,(H,19,20). The van der Waals surface area contributed by atoms with Crippen molar-refractivity contribution in [3.05, 3.63) is 29.8 Å². The fourth-order valence-electron chi connectivity index (χ4n) is 2.69. The summed E-state index contributed by atoms with van der Waals surface area (Å²) >= 11 is 0. The van der Waals surface area contributed by atoms with Crippen molar-refractivity contribution in [2.75, 3.05) is 11.9 Å². The molecular weight excluding hydrogens is 248 g/mol. The first-order valence-corrected chi connectivity index (χ1v) is 7.37. The number of hydrogen-bond acceptors (Lipinski definition) is 2. The van der Waals surface area contributed by atoms with Crippen LogP contribution in [0.25, 0.3) is 0 Å². The van der Waals surface area contributed by atoms with E-state index in [1.54, 1.807) is 0 Å². The van der Waals surface area contributed by atoms with Crippen LogP contribution < -0.4 is 11.1 Å². The average Bonchev–Trinajstić information content (AvgIpc) is 2.97. The molecule has 0 bridgehead atoms. The number of anilines is 1. The third-order valence-electron chi connectivity index (χ3n) is 3.78. The maximum absolute atomic E-state index is 12.0. The Morgan fingerprint density at radius 3 is 2.80 bits per heavy atom. The molecule has 1 aliphatic carbocycles. The highest BCUT2D eigenvalue weighted by Gasteiger charge is 2.16. The van der Waals surface area contributed by atoms with E-state index in [0.717, 1.165) is 23.6 Å². The summed E-state index contributed by atoms with van der Waals surface area (Å²) in [6.45, 7) is 0.323. The maximum Gasteiger partial charge on any atom is 0.224 e. The molecule has 3 heteroatoms. The van der Waals surface area contributed by atoms with Crippen molar-refractivity contribution in [1.82, 2.24) is 0 Å². The van der Waals surface area contributed by atoms with Gasteiger partial charge in [-0.05, 0) is 24.5 Å². The molecule has 1 amide bonds. The third-order valence-corrected chi connectivity index (χ3v) is 3.78. The van der Waals surface area contributed by atoms with Crippen LogP contribution in [0.3, 0.4) is 0 Å². The Balaban J connectivity index is 1.90. The number of nitrogens with one attached hydrogen (secondary N) is 1. The molecule has 1 aliphatic rings. The lowest BCUT2D eigenvalue weighted by Crippen LogP contribution is -2.13. The van der Waals surface area contributed by atoms with E-state index in [-0.39, 0.29) is 5.91 Å². The Hall–Kier alpha value is -1.79. The molecule has 106 valence electrons. The zero-order valence-corrected chi connectivity index (χ0v) is 11.8. The van der Waals surface area contributed by atoms with Crippen molar-refractivity contribution in [2.45, 2.75) is 38.5 Å². The lowest BCUT2D eigenvalue weighted by atomic mass is 10.0. The fourth-order valence-corrected chi connectivity index (χ4v) is 2.69. The van der Waals surface area contributed by atoms with E-state index < -0.39 is 0 Å². The van der Waals surface area contributed by atoms with Crippen molar-refractivity contribution >= 4 is 11.6 Å². The van der Waals surface area contributed by atoms with Gasteiger partial charge >= 0.3 is 0 Å². The van der Waals surface area contributed by atoms with E-state index in [0.29, 0.717) is 13.0 Å². The highest BCUT2D eigenvalue weighted by molar-refractivity contribution is 5.92. The minimum absolute atomic E-state index is 0.0823. The van der Waals surface area contributed by atoms with Crippen LogP contribution in [-0.2, 0) is 4.79 Å². The van der Waals surface area contributed by atoms with Gasteiger partial charge in [-0.1, -0.05) is 49.7 Å². The van der Waals surface area contributed by atoms with Crippen molar-refractivity contribution in [1.29, 1.82) is 0 Å². The lowest BCUT2D eigenvalue weighted by molar-refractivity contribution is -0.116. The number of carbonyl (C=O) groups excluding carboxylic acids is 1. The molecule has 1 saturated carbocycles. The molecule has 0 heterocycles. The molecule has 20 heavy (non-hydrogen) atoms. The molecule has 2 rings (SSSR count). The fraction of sp³-hybridized carbons (Fsp3) is 0.471. The highest BCUT2D eigenvalue weighted by atomic mass is 16.1. The predicted octanol–water partition coefficient (Wildman–Crippen LogP) is 2.91. The minimum atomic E-state index is 0.0823. The molecule has 0 unspecified atom stereocenters. The van der Waals surface area contributed by atoms with Gasteiger partial charge < -0.3 is 11.1 Å². The number of carbonyl (C=O) groups is 1. The first-order valence-electron chi connectivity index (χ1n) is 7.37. The number of rotatable bonds is 4. The van der Waals surface area contributed by atoms with Gasteiger partial charge in [0.2, 0.25) is 5.91 Å². The molecule has 0 aliphatic heterocycles. The second-order valence-electron chi connectivity index (χ2n) is 5.29. The predicted molar refractivity (Wildman–Crippen MR) is 82.2 cm³/mol. The summed E-state index contributed by atoms with van der Waals surface area (Å²) in [5.41, 5.74) is 6.99. The van der Waals surface area contributed by atoms with E-state index in [2.05, 4.69) is 17.2 Å². The smallest absolute Gasteiger partial charge is 0.224 e. The Kier molecular flexibility index (Phi) is 5.64. The number of benzene rings is 1. The SMILES string of the molecule is NCC#Cc1ccccc1NC(=O)CCC1CCCC1. The molecule has 1 fully saturated rings. The summed E-state index contributed by atoms with van der Waals surface area (Å²) in [6.07, 6.45) is 6.82. The van der Waals surface area contributed by atoms with E-state index in [4.69, 9.17) is 5.73 Å². The molecule has 0 atom stereocenters. The molecule has 0 aromatic heterocycles. The number of hydrogen-bond donors (Lipinski definition) is 2. The van der Waals surface area contributed by atoms with E-state index in [1.165, 1.54) is 25.7 Å². The number of para-hydroxylation sites is 1. The van der Waals surface area contributed by atoms with E-state index >= 15 is 0 Å². The van der Waals surface area contributed by atoms with Crippen LogP contribution >= 0.6 is 0 Å². The average molecular weight is 270 g/mol. The summed E-state index contributed by atoms with van der Waals surface area (Å²) in [4.78, 5) is 12.0. The Labute approximate surface area is 120 Å². The van der Waals surface area contributed by atoms with Gasteiger partial charge in [0.25, 0.3) is 0 Å². The van der Waals surface area contributed by atoms with Crippen molar-refractivity contribution < 1.29 is 4.79 Å². The van der Waals surface area contributed by atoms with Crippen LogP contribution in [0.2, 0.25) is 0 Å². The second kappa shape index (κ2) is 7.72. The van der Waals surface area contributed by atoms with Crippen LogP contribution in [0.5, 0.6) is 0 Å². The lowest BCUT2D eigenvalue weighted by Gasteiger charge is -2.10. The largest absolute Gasteiger partial charge is 0.325 e. The van der Waals surface area contributed by atoms with Crippen molar-refractivity contribution in [3.63, 3.8) is 0 Å². The van der Waals surface area contributed by atoms with Crippen LogP contribution in [0.15, 0.2) is 24.3 Å². The van der Waals surface area contributed by atoms with Gasteiger partial charge in [-0.2, -0.15) is 0 Å². The zero-order chi connectivity index (χ0) is 14.2. The monoisotopic (exact) mass is 270 g/mol. The van der Waals surface area contributed by atoms with Gasteiger partial charge in [-0.15, -0.1) is 0 Å². The van der Waals surface area contributed by atoms with E-state index in [1.807, 2.05) is 24.3 Å². The summed E-state index contributed by atoms with van der Waals surface area (Å²) in [6, 6.07) is 7.60. The summed E-state index contributed by atoms with van der Waals surface area (Å²) in [5, 5.41) is 2.96. The minimum Gasteiger partial charge on any atom is -0.325 e. The molecule has 0 spiro atoms. The van der Waals surface area contributed by atoms with E-state index in [9.17, 15) is 4.79 Å². The van der Waals surface area contributed by atoms with Gasteiger partial charge in [-0.3, -0.25) is 4.79 Å². The first kappa shape index (κ1) is 14.6. The molecular formula is C17H22N2O. The van der Waals surface area contributed by atoms with Crippen molar-refractivity contribution in [2.24, 2.45) is 11.7 Å². The van der Waals surface area contributed by atoms with Gasteiger partial charge in [0.05, 0.1) is 12.2 Å². The zero-order valence-electron chi connectivity index (χ0n) is 11.8. The molecule has 3 nitrogen and oxygen atoms in total. The molecule has 3 N–H and O–H groups in total. The Bertz CT molecular complexity index is 507. The van der Waals surface area contributed by atoms with Crippen LogP contribution in [0.1, 0.15) is 44.1 Å². The first-order chi connectivity index (χ1) is 9.79. The maximum atomic E-state index is 12.0. The normalized spacial score (nSPS) is 14.7. The Morgan fingerprint density at radius 2 is 2.05 bits per heavy atom. The molecule has 0 saturated heterocycles. The summed E-state index contributed by atoms with van der Waals surface area (Å²) in [7, 11) is 0. The molecule has 0 radical (unpaired) electrons. The topological polar surface area (TPSA) is 55.1 Å². The summed E-state index contributed by atoms with van der Waals surface area (Å²) in [5.74, 6) is 6.63. The summed E-state index contributed by atoms with van der Waals surface area (Å²) < 4.78 is 0. The molecule has 1 aromatic carbocycles. The van der Waals surface area contributed by atoms with Gasteiger partial charge in [0.15, 0.2) is 0 Å². The third kappa shape index (κ3) is 4.40. The molecule has 1 aromatic rings. The van der Waals surface area contributed by atoms with Crippen LogP contribution in [-0.4, -0.2) is 12.5 Å². The van der Waals surface area contributed by atoms with Gasteiger partial charge in [-0.25, -0.2) is 0 Å². The Morgan fingerprint density at radius 1 is 1.30 bits per heavy atom. The highest BCUT2D eigenvalue weighted by Crippen LogP contribution is 2.28. The van der Waals surface area contributed by atoms with Crippen molar-refractivity contribution in [3.8, 4) is 11.8 Å². The quantitative estimate of drug-likeness (QED) is 0.827. The van der Waals surface area contributed by atoms with Crippen LogP contribution in [0.4, 0.5) is 5.69 Å².